The average molecular weight is 379 g/mol. The smallest absolute Gasteiger partial charge is 0.461 e. The van der Waals surface area contributed by atoms with E-state index in [1.807, 2.05) is 20.8 Å². The summed E-state index contributed by atoms with van der Waals surface area (Å²) in [4.78, 5) is 11.4. The molecule has 2 bridgehead atoms. The molecule has 0 saturated heterocycles. The maximum Gasteiger partial charge on any atom is 0.500 e. The van der Waals surface area contributed by atoms with Gasteiger partial charge in [0.25, 0.3) is 0 Å². The Labute approximate surface area is 151 Å². The Morgan fingerprint density at radius 1 is 1.00 bits per heavy atom. The minimum Gasteiger partial charge on any atom is -0.461 e. The Hall–Kier alpha value is -0.143. The van der Waals surface area contributed by atoms with Gasteiger partial charge < -0.3 is 18.0 Å². The Bertz CT molecular complexity index is 391. The number of alkyl halides is 1. The van der Waals surface area contributed by atoms with E-state index in [0.29, 0.717) is 37.6 Å². The molecular formula is C17H31ClO5Si. The maximum absolute atomic E-state index is 11.4. The molecular weight excluding hydrogens is 348 g/mol. The van der Waals surface area contributed by atoms with Crippen LogP contribution in [0.5, 0.6) is 0 Å². The van der Waals surface area contributed by atoms with E-state index in [4.69, 9.17) is 29.6 Å². The largest absolute Gasteiger partial charge is 0.500 e. The Morgan fingerprint density at radius 2 is 1.62 bits per heavy atom. The third-order valence-corrected chi connectivity index (χ3v) is 8.55. The Kier molecular flexibility index (Phi) is 8.01. The molecule has 0 spiro atoms. The fourth-order valence-electron chi connectivity index (χ4n) is 4.40. The van der Waals surface area contributed by atoms with Crippen LogP contribution in [-0.2, 0) is 22.8 Å². The van der Waals surface area contributed by atoms with Gasteiger partial charge in [-0.3, -0.25) is 4.79 Å². The molecule has 24 heavy (non-hydrogen) atoms. The van der Waals surface area contributed by atoms with Gasteiger partial charge in [0, 0.05) is 25.9 Å². The lowest BCUT2D eigenvalue weighted by atomic mass is 9.85. The van der Waals surface area contributed by atoms with Crippen LogP contribution in [0.15, 0.2) is 0 Å². The number of fused-ring (bicyclic) bond motifs is 2. The van der Waals surface area contributed by atoms with Gasteiger partial charge in [-0.05, 0) is 64.2 Å². The average Bonchev–Trinajstić information content (AvgIpc) is 3.13. The molecule has 2 aliphatic rings. The number of carbonyl (C=O) groups is 1. The monoisotopic (exact) mass is 378 g/mol. The molecule has 0 aromatic carbocycles. The van der Waals surface area contributed by atoms with Crippen molar-refractivity contribution < 1.29 is 22.8 Å². The van der Waals surface area contributed by atoms with Crippen molar-refractivity contribution in [3.8, 4) is 0 Å². The summed E-state index contributed by atoms with van der Waals surface area (Å²) in [5.41, 5.74) is 0. The minimum atomic E-state index is -2.54. The molecule has 0 aliphatic heterocycles. The number of halogens is 1. The van der Waals surface area contributed by atoms with Gasteiger partial charge in [-0.2, -0.15) is 0 Å². The molecule has 5 nitrogen and oxygen atoms in total. The Morgan fingerprint density at radius 3 is 2.08 bits per heavy atom. The quantitative estimate of drug-likeness (QED) is 0.312. The highest BCUT2D eigenvalue weighted by Crippen LogP contribution is 2.51. The van der Waals surface area contributed by atoms with E-state index < -0.39 is 8.80 Å². The molecule has 4 unspecified atom stereocenters. The number of carbonyl (C=O) groups excluding carboxylic acids is 1. The van der Waals surface area contributed by atoms with E-state index in [0.717, 1.165) is 31.7 Å². The first-order chi connectivity index (χ1) is 11.6. The van der Waals surface area contributed by atoms with Gasteiger partial charge in [-0.1, -0.05) is 0 Å². The molecule has 0 aromatic heterocycles. The number of rotatable bonds is 11. The first kappa shape index (κ1) is 20.2. The molecule has 7 heteroatoms. The van der Waals surface area contributed by atoms with E-state index in [1.54, 1.807) is 0 Å². The van der Waals surface area contributed by atoms with Crippen LogP contribution in [0.3, 0.4) is 0 Å². The first-order valence-electron chi connectivity index (χ1n) is 9.24. The highest BCUT2D eigenvalue weighted by atomic mass is 35.5. The van der Waals surface area contributed by atoms with Gasteiger partial charge in [0.1, 0.15) is 12.0 Å². The normalized spacial score (nSPS) is 29.2. The minimum absolute atomic E-state index is 0.0531. The zero-order chi connectivity index (χ0) is 17.6. The fraction of sp³-hybridized carbons (Fsp3) is 0.941. The topological polar surface area (TPSA) is 54.0 Å². The van der Waals surface area contributed by atoms with E-state index in [-0.39, 0.29) is 18.0 Å². The standard InChI is InChI=1S/C17H31ClO5Si/c1-4-20-24(21-5-2,22-6-3)8-7-13-9-15-10-14(13)11-16(15)23-17(19)12-18/h13-16H,4-12H2,1-3H3. The first-order valence-corrected chi connectivity index (χ1v) is 11.7. The van der Waals surface area contributed by atoms with Gasteiger partial charge >= 0.3 is 14.8 Å². The number of ether oxygens (including phenoxy) is 1. The van der Waals surface area contributed by atoms with Crippen LogP contribution in [0.2, 0.25) is 6.04 Å². The van der Waals surface area contributed by atoms with Crippen LogP contribution in [0, 0.1) is 17.8 Å². The predicted molar refractivity (Wildman–Crippen MR) is 95.0 cm³/mol. The molecule has 0 radical (unpaired) electrons. The molecule has 2 rings (SSSR count). The molecule has 0 aromatic rings. The van der Waals surface area contributed by atoms with E-state index in [1.165, 1.54) is 0 Å². The molecule has 0 heterocycles. The summed E-state index contributed by atoms with van der Waals surface area (Å²) in [7, 11) is -2.54. The van der Waals surface area contributed by atoms with Crippen molar-refractivity contribution in [2.45, 2.75) is 58.6 Å². The van der Waals surface area contributed by atoms with E-state index >= 15 is 0 Å². The van der Waals surface area contributed by atoms with Gasteiger partial charge in [0.2, 0.25) is 0 Å². The SMILES string of the molecule is CCO[Si](CCC1CC2CC1CC2OC(=O)CCl)(OCC)OCC. The van der Waals surface area contributed by atoms with Crippen molar-refractivity contribution in [1.29, 1.82) is 0 Å². The zero-order valence-electron chi connectivity index (χ0n) is 15.1. The number of hydrogen-bond acceptors (Lipinski definition) is 5. The van der Waals surface area contributed by atoms with Crippen molar-refractivity contribution in [1.82, 2.24) is 0 Å². The highest BCUT2D eigenvalue weighted by Gasteiger charge is 2.49. The lowest BCUT2D eigenvalue weighted by Crippen LogP contribution is -2.46. The van der Waals surface area contributed by atoms with Crippen molar-refractivity contribution in [2.75, 3.05) is 25.7 Å². The summed E-state index contributed by atoms with van der Waals surface area (Å²) in [6, 6.07) is 0.878. The maximum atomic E-state index is 11.4. The van der Waals surface area contributed by atoms with Gasteiger partial charge in [0.15, 0.2) is 0 Å². The van der Waals surface area contributed by atoms with E-state index in [2.05, 4.69) is 0 Å². The summed E-state index contributed by atoms with van der Waals surface area (Å²) in [6.45, 7) is 7.85. The second kappa shape index (κ2) is 9.53. The highest BCUT2D eigenvalue weighted by molar-refractivity contribution is 6.60. The fourth-order valence-corrected chi connectivity index (χ4v) is 7.19. The molecule has 0 N–H and O–H groups in total. The number of esters is 1. The van der Waals surface area contributed by atoms with Crippen molar-refractivity contribution in [3.63, 3.8) is 0 Å². The van der Waals surface area contributed by atoms with Crippen molar-refractivity contribution in [2.24, 2.45) is 17.8 Å². The number of hydrogen-bond donors (Lipinski definition) is 0. The van der Waals surface area contributed by atoms with Crippen molar-refractivity contribution in [3.05, 3.63) is 0 Å². The lowest BCUT2D eigenvalue weighted by molar-refractivity contribution is -0.148. The van der Waals surface area contributed by atoms with Crippen LogP contribution in [-0.4, -0.2) is 46.6 Å². The summed E-state index contributed by atoms with van der Waals surface area (Å²) in [5.74, 6) is 1.45. The van der Waals surface area contributed by atoms with Gasteiger partial charge in [-0.15, -0.1) is 11.6 Å². The van der Waals surface area contributed by atoms with Crippen LogP contribution >= 0.6 is 11.6 Å². The lowest BCUT2D eigenvalue weighted by Gasteiger charge is -2.32. The summed E-state index contributed by atoms with van der Waals surface area (Å²) in [6.07, 6.45) is 4.41. The van der Waals surface area contributed by atoms with Crippen LogP contribution in [0.25, 0.3) is 0 Å². The Balaban J connectivity index is 1.85. The second-order valence-corrected chi connectivity index (χ2v) is 9.67. The van der Waals surface area contributed by atoms with Crippen molar-refractivity contribution >= 4 is 26.4 Å². The molecule has 140 valence electrons. The van der Waals surface area contributed by atoms with Gasteiger partial charge in [0.05, 0.1) is 0 Å². The molecule has 0 amide bonds. The second-order valence-electron chi connectivity index (χ2n) is 6.67. The zero-order valence-corrected chi connectivity index (χ0v) is 16.8. The molecule has 2 aliphatic carbocycles. The van der Waals surface area contributed by atoms with Crippen LogP contribution in [0.4, 0.5) is 0 Å². The van der Waals surface area contributed by atoms with Crippen LogP contribution < -0.4 is 0 Å². The predicted octanol–water partition coefficient (Wildman–Crippen LogP) is 3.62. The summed E-state index contributed by atoms with van der Waals surface area (Å²) >= 11 is 5.54. The van der Waals surface area contributed by atoms with Gasteiger partial charge in [-0.25, -0.2) is 0 Å². The molecule has 2 saturated carbocycles. The van der Waals surface area contributed by atoms with E-state index in [9.17, 15) is 4.79 Å². The summed E-state index contributed by atoms with van der Waals surface area (Å²) < 4.78 is 23.3. The third kappa shape index (κ3) is 4.94. The summed E-state index contributed by atoms with van der Waals surface area (Å²) in [5, 5.41) is 0. The third-order valence-electron chi connectivity index (χ3n) is 5.24. The molecule has 4 atom stereocenters. The van der Waals surface area contributed by atoms with Crippen LogP contribution in [0.1, 0.15) is 46.5 Å². The molecule has 2 fully saturated rings.